The first-order chi connectivity index (χ1) is 7.82. The van der Waals surface area contributed by atoms with Crippen LogP contribution in [0.25, 0.3) is 0 Å². The molecule has 6 heteroatoms. The third-order valence-electron chi connectivity index (χ3n) is 2.62. The fourth-order valence-electron chi connectivity index (χ4n) is 1.21. The Bertz CT molecular complexity index is 438. The van der Waals surface area contributed by atoms with E-state index in [1.165, 1.54) is 6.07 Å². The van der Waals surface area contributed by atoms with E-state index in [0.29, 0.717) is 5.92 Å². The summed E-state index contributed by atoms with van der Waals surface area (Å²) >= 11 is 5.62. The van der Waals surface area contributed by atoms with Gasteiger partial charge in [0.15, 0.2) is 0 Å². The Morgan fingerprint density at radius 1 is 1.41 bits per heavy atom. The van der Waals surface area contributed by atoms with Gasteiger partial charge in [0.05, 0.1) is 16.0 Å². The Hall–Kier alpha value is -1.36. The van der Waals surface area contributed by atoms with Gasteiger partial charge in [-0.3, -0.25) is 10.1 Å². The fourth-order valence-corrected chi connectivity index (χ4v) is 1.38. The van der Waals surface area contributed by atoms with Gasteiger partial charge < -0.3 is 5.32 Å². The van der Waals surface area contributed by atoms with Crippen molar-refractivity contribution in [3.05, 3.63) is 33.1 Å². The van der Waals surface area contributed by atoms with Crippen LogP contribution >= 0.6 is 11.6 Å². The largest absolute Gasteiger partial charge is 0.377 e. The summed E-state index contributed by atoms with van der Waals surface area (Å²) in [7, 11) is 0. The second kappa shape index (κ2) is 5.31. The van der Waals surface area contributed by atoms with E-state index in [-0.39, 0.29) is 22.4 Å². The SMILES string of the molecule is CC(C)C(C)Nc1cc(Cl)c(F)cc1[N+](=O)[O-]. The Labute approximate surface area is 104 Å². The first-order valence-electron chi connectivity index (χ1n) is 5.23. The number of hydrogen-bond donors (Lipinski definition) is 1. The van der Waals surface area contributed by atoms with Gasteiger partial charge >= 0.3 is 0 Å². The maximum Gasteiger partial charge on any atom is 0.295 e. The second-order valence-corrected chi connectivity index (χ2v) is 4.62. The zero-order valence-corrected chi connectivity index (χ0v) is 10.6. The summed E-state index contributed by atoms with van der Waals surface area (Å²) in [6.07, 6.45) is 0. The molecule has 0 radical (unpaired) electrons. The van der Waals surface area contributed by atoms with E-state index in [2.05, 4.69) is 5.32 Å². The highest BCUT2D eigenvalue weighted by Crippen LogP contribution is 2.31. The quantitative estimate of drug-likeness (QED) is 0.661. The van der Waals surface area contributed by atoms with E-state index < -0.39 is 10.7 Å². The molecule has 0 fully saturated rings. The molecule has 1 aromatic rings. The van der Waals surface area contributed by atoms with E-state index in [9.17, 15) is 14.5 Å². The van der Waals surface area contributed by atoms with Gasteiger partial charge in [0.2, 0.25) is 0 Å². The molecule has 1 unspecified atom stereocenters. The number of halogens is 2. The smallest absolute Gasteiger partial charge is 0.295 e. The van der Waals surface area contributed by atoms with Gasteiger partial charge in [-0.2, -0.15) is 0 Å². The van der Waals surface area contributed by atoms with Crippen molar-refractivity contribution in [2.75, 3.05) is 5.32 Å². The highest BCUT2D eigenvalue weighted by molar-refractivity contribution is 6.31. The number of hydrogen-bond acceptors (Lipinski definition) is 3. The van der Waals surface area contributed by atoms with E-state index in [0.717, 1.165) is 6.07 Å². The molecule has 1 rings (SSSR count). The maximum absolute atomic E-state index is 13.2. The zero-order chi connectivity index (χ0) is 13.2. The highest BCUT2D eigenvalue weighted by atomic mass is 35.5. The van der Waals surface area contributed by atoms with Gasteiger partial charge in [-0.15, -0.1) is 0 Å². The molecule has 0 spiro atoms. The van der Waals surface area contributed by atoms with Crippen LogP contribution in [0.2, 0.25) is 5.02 Å². The first-order valence-corrected chi connectivity index (χ1v) is 5.60. The Morgan fingerprint density at radius 3 is 2.47 bits per heavy atom. The summed E-state index contributed by atoms with van der Waals surface area (Å²) in [5.74, 6) is -0.500. The van der Waals surface area contributed by atoms with E-state index >= 15 is 0 Å². The van der Waals surface area contributed by atoms with Crippen molar-refractivity contribution in [1.82, 2.24) is 0 Å². The lowest BCUT2D eigenvalue weighted by Crippen LogP contribution is -2.22. The number of anilines is 1. The summed E-state index contributed by atoms with van der Waals surface area (Å²) in [5, 5.41) is 13.6. The number of benzene rings is 1. The molecule has 0 saturated carbocycles. The number of nitro groups is 1. The summed E-state index contributed by atoms with van der Waals surface area (Å²) in [6.45, 7) is 5.86. The molecule has 0 heterocycles. The third-order valence-corrected chi connectivity index (χ3v) is 2.91. The molecular weight excluding hydrogens is 247 g/mol. The van der Waals surface area contributed by atoms with Crippen molar-refractivity contribution >= 4 is 23.0 Å². The van der Waals surface area contributed by atoms with Gasteiger partial charge in [0.25, 0.3) is 5.69 Å². The normalized spacial score (nSPS) is 12.6. The number of nitrogens with zero attached hydrogens (tertiary/aromatic N) is 1. The van der Waals surface area contributed by atoms with Crippen molar-refractivity contribution in [3.63, 3.8) is 0 Å². The molecule has 17 heavy (non-hydrogen) atoms. The zero-order valence-electron chi connectivity index (χ0n) is 9.83. The van der Waals surface area contributed by atoms with Crippen LogP contribution in [0.15, 0.2) is 12.1 Å². The van der Waals surface area contributed by atoms with Crippen molar-refractivity contribution < 1.29 is 9.31 Å². The molecule has 0 aliphatic heterocycles. The molecule has 0 aliphatic rings. The lowest BCUT2D eigenvalue weighted by Gasteiger charge is -2.18. The molecule has 1 atom stereocenters. The van der Waals surface area contributed by atoms with Crippen LogP contribution in [0, 0.1) is 21.8 Å². The predicted octanol–water partition coefficient (Wildman–Crippen LogP) is 3.84. The van der Waals surface area contributed by atoms with Crippen LogP contribution in [0.5, 0.6) is 0 Å². The van der Waals surface area contributed by atoms with Gasteiger partial charge in [-0.1, -0.05) is 25.4 Å². The summed E-state index contributed by atoms with van der Waals surface area (Å²) in [6, 6.07) is 2.10. The van der Waals surface area contributed by atoms with Crippen LogP contribution in [-0.4, -0.2) is 11.0 Å². The van der Waals surface area contributed by atoms with E-state index in [1.807, 2.05) is 20.8 Å². The molecule has 0 bridgehead atoms. The first kappa shape index (κ1) is 13.7. The van der Waals surface area contributed by atoms with Gasteiger partial charge in [0, 0.05) is 6.04 Å². The van der Waals surface area contributed by atoms with E-state index in [1.54, 1.807) is 0 Å². The Morgan fingerprint density at radius 2 is 2.00 bits per heavy atom. The van der Waals surface area contributed by atoms with E-state index in [4.69, 9.17) is 11.6 Å². The second-order valence-electron chi connectivity index (χ2n) is 4.22. The molecule has 0 amide bonds. The third kappa shape index (κ3) is 3.30. The monoisotopic (exact) mass is 260 g/mol. The minimum atomic E-state index is -0.791. The minimum Gasteiger partial charge on any atom is -0.377 e. The van der Waals surface area contributed by atoms with Crippen molar-refractivity contribution in [3.8, 4) is 0 Å². The lowest BCUT2D eigenvalue weighted by atomic mass is 10.1. The molecule has 0 aromatic heterocycles. The van der Waals surface area contributed by atoms with Crippen LogP contribution in [0.4, 0.5) is 15.8 Å². The molecule has 1 N–H and O–H groups in total. The molecular formula is C11H14ClFN2O2. The summed E-state index contributed by atoms with van der Waals surface area (Å²) in [5.41, 5.74) is -0.0676. The topological polar surface area (TPSA) is 55.2 Å². The fraction of sp³-hybridized carbons (Fsp3) is 0.455. The van der Waals surface area contributed by atoms with Crippen molar-refractivity contribution in [2.45, 2.75) is 26.8 Å². The molecule has 0 saturated heterocycles. The average molecular weight is 261 g/mol. The number of nitro benzene ring substituents is 1. The summed E-state index contributed by atoms with van der Waals surface area (Å²) < 4.78 is 13.2. The average Bonchev–Trinajstić information content (AvgIpc) is 2.22. The molecule has 94 valence electrons. The van der Waals surface area contributed by atoms with Crippen molar-refractivity contribution in [2.24, 2.45) is 5.92 Å². The Balaban J connectivity index is 3.13. The van der Waals surface area contributed by atoms with Crippen molar-refractivity contribution in [1.29, 1.82) is 0 Å². The van der Waals surface area contributed by atoms with Crippen LogP contribution < -0.4 is 5.32 Å². The number of nitrogens with one attached hydrogen (secondary N) is 1. The van der Waals surface area contributed by atoms with Gasteiger partial charge in [-0.05, 0) is 18.9 Å². The predicted molar refractivity (Wildman–Crippen MR) is 66.0 cm³/mol. The maximum atomic E-state index is 13.2. The van der Waals surface area contributed by atoms with Crippen LogP contribution in [0.3, 0.4) is 0 Å². The number of rotatable bonds is 4. The lowest BCUT2D eigenvalue weighted by molar-refractivity contribution is -0.384. The Kier molecular flexibility index (Phi) is 4.28. The van der Waals surface area contributed by atoms with Gasteiger partial charge in [-0.25, -0.2) is 4.39 Å². The molecule has 0 aliphatic carbocycles. The molecule has 4 nitrogen and oxygen atoms in total. The standard InChI is InChI=1S/C11H14ClFN2O2/c1-6(2)7(3)14-10-4-8(12)9(13)5-11(10)15(16)17/h4-7,14H,1-3H3. The van der Waals surface area contributed by atoms with Gasteiger partial charge in [0.1, 0.15) is 11.5 Å². The van der Waals surface area contributed by atoms with Crippen LogP contribution in [0.1, 0.15) is 20.8 Å². The highest BCUT2D eigenvalue weighted by Gasteiger charge is 2.19. The summed E-state index contributed by atoms with van der Waals surface area (Å²) in [4.78, 5) is 10.2. The van der Waals surface area contributed by atoms with Crippen LogP contribution in [-0.2, 0) is 0 Å². The minimum absolute atomic E-state index is 0.0234. The molecule has 1 aromatic carbocycles.